The number of benzene rings is 1. The van der Waals surface area contributed by atoms with Crippen molar-refractivity contribution in [2.45, 2.75) is 46.3 Å². The third-order valence-electron chi connectivity index (χ3n) is 4.49. The summed E-state index contributed by atoms with van der Waals surface area (Å²) in [6.07, 6.45) is -4.32. The summed E-state index contributed by atoms with van der Waals surface area (Å²) in [5.41, 5.74) is 1.92. The summed E-state index contributed by atoms with van der Waals surface area (Å²) in [6, 6.07) is 6.37. The van der Waals surface area contributed by atoms with Gasteiger partial charge in [-0.3, -0.25) is 14.6 Å². The zero-order chi connectivity index (χ0) is 23.3. The van der Waals surface area contributed by atoms with E-state index in [1.165, 1.54) is 12.1 Å². The van der Waals surface area contributed by atoms with Crippen LogP contribution in [-0.4, -0.2) is 34.6 Å². The van der Waals surface area contributed by atoms with Crippen molar-refractivity contribution in [1.82, 2.24) is 10.3 Å². The minimum Gasteiger partial charge on any atom is -0.507 e. The van der Waals surface area contributed by atoms with E-state index in [2.05, 4.69) is 15.0 Å². The van der Waals surface area contributed by atoms with Crippen molar-refractivity contribution in [3.8, 4) is 11.5 Å². The molecule has 1 heterocycles. The minimum absolute atomic E-state index is 0.0542. The number of carbonyl (C=O) groups excluding carboxylic acids is 2. The molecule has 0 radical (unpaired) electrons. The van der Waals surface area contributed by atoms with E-state index in [1.807, 2.05) is 13.8 Å². The predicted octanol–water partition coefficient (Wildman–Crippen LogP) is 4.30. The van der Waals surface area contributed by atoms with Gasteiger partial charge in [0.2, 0.25) is 0 Å². The van der Waals surface area contributed by atoms with Crippen LogP contribution in [0.4, 0.5) is 13.2 Å². The number of Topliss-reactive ketones (excluding diaryl/α,β-unsaturated/α-hetero) is 1. The molecule has 1 aromatic carbocycles. The van der Waals surface area contributed by atoms with Crippen molar-refractivity contribution in [3.05, 3.63) is 52.8 Å². The molecule has 31 heavy (non-hydrogen) atoms. The van der Waals surface area contributed by atoms with E-state index in [4.69, 9.17) is 0 Å². The molecule has 2 aromatic rings. The van der Waals surface area contributed by atoms with Crippen LogP contribution in [0.25, 0.3) is 0 Å². The molecule has 2 N–H and O–H groups in total. The van der Waals surface area contributed by atoms with Crippen LogP contribution in [0.2, 0.25) is 0 Å². The number of hydrogen-bond donors (Lipinski definition) is 2. The number of rotatable bonds is 8. The highest BCUT2D eigenvalue weighted by atomic mass is 19.4. The third kappa shape index (κ3) is 7.27. The Kier molecular flexibility index (Phi) is 7.65. The highest BCUT2D eigenvalue weighted by molar-refractivity contribution is 5.97. The quantitative estimate of drug-likeness (QED) is 0.642. The molecule has 0 saturated heterocycles. The highest BCUT2D eigenvalue weighted by Crippen LogP contribution is 2.26. The molecule has 1 unspecified atom stereocenters. The van der Waals surface area contributed by atoms with E-state index in [9.17, 15) is 27.9 Å². The van der Waals surface area contributed by atoms with E-state index in [0.29, 0.717) is 11.4 Å². The van der Waals surface area contributed by atoms with Crippen molar-refractivity contribution >= 4 is 11.7 Å². The number of hydrogen-bond acceptors (Lipinski definition) is 5. The fraction of sp³-hybridized carbons (Fsp3) is 0.409. The third-order valence-corrected chi connectivity index (χ3v) is 4.49. The number of ether oxygens (including phenoxy) is 1. The van der Waals surface area contributed by atoms with Gasteiger partial charge in [-0.15, -0.1) is 0 Å². The van der Waals surface area contributed by atoms with Gasteiger partial charge in [0.05, 0.1) is 11.6 Å². The van der Waals surface area contributed by atoms with Crippen LogP contribution in [0.3, 0.4) is 0 Å². The van der Waals surface area contributed by atoms with E-state index >= 15 is 0 Å². The van der Waals surface area contributed by atoms with Crippen LogP contribution in [0.5, 0.6) is 11.5 Å². The number of alkyl halides is 3. The smallest absolute Gasteiger partial charge is 0.422 e. The summed E-state index contributed by atoms with van der Waals surface area (Å²) in [5.74, 6) is -1.38. The molecule has 0 fully saturated rings. The van der Waals surface area contributed by atoms with Crippen LogP contribution in [0, 0.1) is 12.8 Å². The van der Waals surface area contributed by atoms with Gasteiger partial charge in [-0.25, -0.2) is 0 Å². The number of nitrogens with one attached hydrogen (secondary N) is 1. The van der Waals surface area contributed by atoms with Gasteiger partial charge in [0.25, 0.3) is 5.91 Å². The van der Waals surface area contributed by atoms with E-state index in [1.54, 1.807) is 26.0 Å². The first-order valence-electron chi connectivity index (χ1n) is 9.69. The molecular weight excluding hydrogens is 413 g/mol. The maximum Gasteiger partial charge on any atom is 0.422 e. The second-order valence-electron chi connectivity index (χ2n) is 7.61. The first-order chi connectivity index (χ1) is 14.4. The normalized spacial score (nSPS) is 12.5. The Morgan fingerprint density at radius 3 is 2.42 bits per heavy atom. The summed E-state index contributed by atoms with van der Waals surface area (Å²) in [6.45, 7) is 5.64. The second-order valence-corrected chi connectivity index (χ2v) is 7.61. The van der Waals surface area contributed by atoms with Gasteiger partial charge in [-0.2, -0.15) is 13.2 Å². The molecule has 0 aliphatic carbocycles. The summed E-state index contributed by atoms with van der Waals surface area (Å²) in [5, 5.41) is 12.8. The molecular formula is C22H25F3N2O4. The Hall–Kier alpha value is -3.10. The monoisotopic (exact) mass is 438 g/mol. The topological polar surface area (TPSA) is 88.5 Å². The van der Waals surface area contributed by atoms with Crippen molar-refractivity contribution < 1.29 is 32.6 Å². The number of ketones is 1. The number of amides is 1. The molecule has 9 heteroatoms. The van der Waals surface area contributed by atoms with E-state index in [-0.39, 0.29) is 29.4 Å². The lowest BCUT2D eigenvalue weighted by molar-refractivity contribution is -0.153. The van der Waals surface area contributed by atoms with Crippen LogP contribution in [-0.2, 0) is 11.2 Å². The number of aromatic hydroxyl groups is 1. The number of pyridine rings is 1. The molecule has 0 bridgehead atoms. The molecule has 1 amide bonds. The van der Waals surface area contributed by atoms with Crippen LogP contribution < -0.4 is 10.1 Å². The van der Waals surface area contributed by atoms with Gasteiger partial charge in [0.1, 0.15) is 17.3 Å². The van der Waals surface area contributed by atoms with Gasteiger partial charge in [0, 0.05) is 29.8 Å². The fourth-order valence-electron chi connectivity index (χ4n) is 2.81. The first kappa shape index (κ1) is 24.2. The average Bonchev–Trinajstić information content (AvgIpc) is 2.65. The van der Waals surface area contributed by atoms with E-state index in [0.717, 1.165) is 11.6 Å². The summed E-state index contributed by atoms with van der Waals surface area (Å²) in [7, 11) is 0. The Balaban J connectivity index is 2.11. The molecule has 6 nitrogen and oxygen atoms in total. The molecule has 0 aliphatic heterocycles. The van der Waals surface area contributed by atoms with Crippen LogP contribution in [0.1, 0.15) is 54.1 Å². The first-order valence-corrected chi connectivity index (χ1v) is 9.69. The van der Waals surface area contributed by atoms with Crippen LogP contribution >= 0.6 is 0 Å². The zero-order valence-corrected chi connectivity index (χ0v) is 17.7. The number of aromatic nitrogens is 1. The van der Waals surface area contributed by atoms with Crippen molar-refractivity contribution in [3.63, 3.8) is 0 Å². The van der Waals surface area contributed by atoms with Crippen molar-refractivity contribution in [2.24, 2.45) is 5.92 Å². The van der Waals surface area contributed by atoms with Crippen molar-refractivity contribution in [2.75, 3.05) is 6.61 Å². The Bertz CT molecular complexity index is 958. The van der Waals surface area contributed by atoms with Gasteiger partial charge in [-0.1, -0.05) is 13.8 Å². The molecule has 0 aliphatic rings. The number of phenols is 1. The van der Waals surface area contributed by atoms with Gasteiger partial charge in [-0.05, 0) is 43.7 Å². The average molecular weight is 438 g/mol. The number of nitrogens with zero attached hydrogens (tertiary/aromatic N) is 1. The maximum absolute atomic E-state index is 12.6. The molecule has 0 saturated carbocycles. The Morgan fingerprint density at radius 2 is 1.84 bits per heavy atom. The summed E-state index contributed by atoms with van der Waals surface area (Å²) >= 11 is 0. The largest absolute Gasteiger partial charge is 0.507 e. The summed E-state index contributed by atoms with van der Waals surface area (Å²) < 4.78 is 41.3. The lowest BCUT2D eigenvalue weighted by atomic mass is 10.0. The van der Waals surface area contributed by atoms with Crippen molar-refractivity contribution in [1.29, 1.82) is 0 Å². The van der Waals surface area contributed by atoms with Gasteiger partial charge >= 0.3 is 6.18 Å². The highest BCUT2D eigenvalue weighted by Gasteiger charge is 2.28. The summed E-state index contributed by atoms with van der Waals surface area (Å²) in [4.78, 5) is 28.9. The number of halogens is 3. The SMILES string of the molecule is Cc1cc(C(C)NC(=O)c2ccc(OCC(F)(F)F)cc2O)cc(CC(=O)C(C)C)n1. The Labute approximate surface area is 178 Å². The molecule has 0 spiro atoms. The zero-order valence-electron chi connectivity index (χ0n) is 17.7. The Morgan fingerprint density at radius 1 is 1.16 bits per heavy atom. The molecule has 1 aromatic heterocycles. The number of aryl methyl sites for hydroxylation is 1. The second kappa shape index (κ2) is 9.80. The van der Waals surface area contributed by atoms with Gasteiger partial charge in [0.15, 0.2) is 6.61 Å². The number of phenolic OH excluding ortho intramolecular Hbond substituents is 1. The molecule has 1 atom stereocenters. The van der Waals surface area contributed by atoms with Gasteiger partial charge < -0.3 is 15.2 Å². The van der Waals surface area contributed by atoms with Crippen LogP contribution in [0.15, 0.2) is 30.3 Å². The standard InChI is InChI=1S/C22H25F3N2O4/c1-12(2)19(28)9-16-8-15(7-13(3)26-16)14(4)27-21(30)18-6-5-17(10-20(18)29)31-11-22(23,24)25/h5-8,10,12,14,29H,9,11H2,1-4H3,(H,27,30). The lowest BCUT2D eigenvalue weighted by Crippen LogP contribution is -2.27. The fourth-order valence-corrected chi connectivity index (χ4v) is 2.81. The lowest BCUT2D eigenvalue weighted by Gasteiger charge is -2.17. The van der Waals surface area contributed by atoms with E-state index < -0.39 is 30.5 Å². The minimum atomic E-state index is -4.51. The maximum atomic E-state index is 12.6. The molecule has 2 rings (SSSR count). The molecule has 168 valence electrons. The number of carbonyl (C=O) groups is 2. The predicted molar refractivity (Wildman–Crippen MR) is 108 cm³/mol.